The maximum Gasteiger partial charge on any atom is 0.284 e. The highest BCUT2D eigenvalue weighted by molar-refractivity contribution is 7.99. The molecule has 0 fully saturated rings. The number of hydrogen-bond donors (Lipinski definition) is 0. The fourth-order valence-corrected chi connectivity index (χ4v) is 2.96. The SMILES string of the molecule is CCN(C(=O)CSc1nnc(-c2ccco2)o1)c1ccccc1C. The molecule has 0 aliphatic carbocycles. The van der Waals surface area contributed by atoms with Gasteiger partial charge in [0.1, 0.15) is 0 Å². The Kier molecular flexibility index (Phi) is 5.00. The second-order valence-electron chi connectivity index (χ2n) is 5.06. The molecule has 6 nitrogen and oxygen atoms in total. The number of furan rings is 1. The van der Waals surface area contributed by atoms with E-state index in [1.54, 1.807) is 17.0 Å². The minimum Gasteiger partial charge on any atom is -0.459 e. The van der Waals surface area contributed by atoms with E-state index in [2.05, 4.69) is 10.2 Å². The first-order valence-corrected chi connectivity index (χ1v) is 8.53. The van der Waals surface area contributed by atoms with E-state index in [1.807, 2.05) is 38.1 Å². The zero-order chi connectivity index (χ0) is 16.9. The molecule has 0 saturated carbocycles. The van der Waals surface area contributed by atoms with E-state index in [0.29, 0.717) is 23.4 Å². The number of para-hydroxylation sites is 1. The molecule has 0 aliphatic rings. The van der Waals surface area contributed by atoms with Gasteiger partial charge in [-0.25, -0.2) is 0 Å². The van der Waals surface area contributed by atoms with Crippen LogP contribution in [0.15, 0.2) is 56.7 Å². The third-order valence-corrected chi connectivity index (χ3v) is 4.28. The molecule has 7 heteroatoms. The highest BCUT2D eigenvalue weighted by Gasteiger charge is 2.18. The normalized spacial score (nSPS) is 10.8. The number of benzene rings is 1. The molecule has 3 aromatic rings. The molecule has 124 valence electrons. The first-order chi connectivity index (χ1) is 11.7. The zero-order valence-corrected chi connectivity index (χ0v) is 14.2. The summed E-state index contributed by atoms with van der Waals surface area (Å²) in [5, 5.41) is 8.20. The Morgan fingerprint density at radius 3 is 2.75 bits per heavy atom. The summed E-state index contributed by atoms with van der Waals surface area (Å²) >= 11 is 1.22. The summed E-state index contributed by atoms with van der Waals surface area (Å²) in [5.41, 5.74) is 1.99. The summed E-state index contributed by atoms with van der Waals surface area (Å²) in [6, 6.07) is 11.3. The van der Waals surface area contributed by atoms with Crippen molar-refractivity contribution in [1.29, 1.82) is 0 Å². The number of carbonyl (C=O) groups is 1. The first-order valence-electron chi connectivity index (χ1n) is 7.55. The van der Waals surface area contributed by atoms with Gasteiger partial charge in [0.25, 0.3) is 11.1 Å². The Hall–Kier alpha value is -2.54. The average Bonchev–Trinajstić information content (AvgIpc) is 3.26. The largest absolute Gasteiger partial charge is 0.459 e. The molecule has 0 bridgehead atoms. The number of amides is 1. The number of thioether (sulfide) groups is 1. The smallest absolute Gasteiger partial charge is 0.284 e. The third-order valence-electron chi connectivity index (χ3n) is 3.48. The lowest BCUT2D eigenvalue weighted by Crippen LogP contribution is -2.32. The average molecular weight is 343 g/mol. The fraction of sp³-hybridized carbons (Fsp3) is 0.235. The van der Waals surface area contributed by atoms with E-state index in [1.165, 1.54) is 18.0 Å². The van der Waals surface area contributed by atoms with Crippen LogP contribution in [0.4, 0.5) is 5.69 Å². The van der Waals surface area contributed by atoms with Crippen LogP contribution in [-0.4, -0.2) is 28.4 Å². The van der Waals surface area contributed by atoms with Crippen LogP contribution in [0.2, 0.25) is 0 Å². The summed E-state index contributed by atoms with van der Waals surface area (Å²) in [7, 11) is 0. The van der Waals surface area contributed by atoms with Gasteiger partial charge in [-0.3, -0.25) is 4.79 Å². The highest BCUT2D eigenvalue weighted by atomic mass is 32.2. The van der Waals surface area contributed by atoms with Crippen molar-refractivity contribution >= 4 is 23.4 Å². The van der Waals surface area contributed by atoms with E-state index < -0.39 is 0 Å². The van der Waals surface area contributed by atoms with Crippen molar-refractivity contribution in [2.75, 3.05) is 17.2 Å². The van der Waals surface area contributed by atoms with Crippen LogP contribution in [0.5, 0.6) is 0 Å². The Balaban J connectivity index is 1.65. The van der Waals surface area contributed by atoms with E-state index in [9.17, 15) is 4.79 Å². The maximum absolute atomic E-state index is 12.5. The summed E-state index contributed by atoms with van der Waals surface area (Å²) in [6.45, 7) is 4.55. The fourth-order valence-electron chi connectivity index (χ4n) is 2.32. The van der Waals surface area contributed by atoms with Gasteiger partial charge >= 0.3 is 0 Å². The van der Waals surface area contributed by atoms with Crippen molar-refractivity contribution < 1.29 is 13.6 Å². The molecule has 0 saturated heterocycles. The minimum absolute atomic E-state index is 0.00505. The molecule has 0 aliphatic heterocycles. The molecule has 24 heavy (non-hydrogen) atoms. The van der Waals surface area contributed by atoms with Gasteiger partial charge in [-0.15, -0.1) is 10.2 Å². The number of rotatable bonds is 6. The van der Waals surface area contributed by atoms with Crippen LogP contribution < -0.4 is 4.90 Å². The number of aromatic nitrogens is 2. The predicted molar refractivity (Wildman–Crippen MR) is 91.9 cm³/mol. The van der Waals surface area contributed by atoms with E-state index >= 15 is 0 Å². The lowest BCUT2D eigenvalue weighted by Gasteiger charge is -2.22. The number of hydrogen-bond acceptors (Lipinski definition) is 6. The second kappa shape index (κ2) is 7.35. The highest BCUT2D eigenvalue weighted by Crippen LogP contribution is 2.25. The maximum atomic E-state index is 12.5. The van der Waals surface area contributed by atoms with Crippen LogP contribution in [0.3, 0.4) is 0 Å². The van der Waals surface area contributed by atoms with Gasteiger partial charge in [0, 0.05) is 12.2 Å². The number of aryl methyl sites for hydroxylation is 1. The van der Waals surface area contributed by atoms with Crippen LogP contribution in [-0.2, 0) is 4.79 Å². The van der Waals surface area contributed by atoms with Crippen LogP contribution >= 0.6 is 11.8 Å². The third kappa shape index (κ3) is 3.51. The second-order valence-corrected chi connectivity index (χ2v) is 5.99. The topological polar surface area (TPSA) is 72.4 Å². The molecule has 2 heterocycles. The summed E-state index contributed by atoms with van der Waals surface area (Å²) in [5.74, 6) is 1.04. The molecular formula is C17H17N3O3S. The van der Waals surface area contributed by atoms with Crippen molar-refractivity contribution in [2.45, 2.75) is 19.1 Å². The van der Waals surface area contributed by atoms with Gasteiger partial charge in [0.2, 0.25) is 5.91 Å². The number of anilines is 1. The molecule has 1 amide bonds. The van der Waals surface area contributed by atoms with Crippen LogP contribution in [0, 0.1) is 6.92 Å². The van der Waals surface area contributed by atoms with Crippen molar-refractivity contribution in [3.05, 3.63) is 48.2 Å². The molecule has 3 rings (SSSR count). The summed E-state index contributed by atoms with van der Waals surface area (Å²) in [6.07, 6.45) is 1.54. The molecule has 0 radical (unpaired) electrons. The van der Waals surface area contributed by atoms with Gasteiger partial charge in [0.05, 0.1) is 12.0 Å². The zero-order valence-electron chi connectivity index (χ0n) is 13.4. The molecule has 0 spiro atoms. The Morgan fingerprint density at radius 2 is 2.04 bits per heavy atom. The van der Waals surface area contributed by atoms with Gasteiger partial charge in [-0.05, 0) is 37.6 Å². The molecule has 2 aromatic heterocycles. The monoisotopic (exact) mass is 343 g/mol. The van der Waals surface area contributed by atoms with E-state index in [0.717, 1.165) is 11.3 Å². The van der Waals surface area contributed by atoms with E-state index in [4.69, 9.17) is 8.83 Å². The summed E-state index contributed by atoms with van der Waals surface area (Å²) in [4.78, 5) is 14.3. The molecule has 0 unspecified atom stereocenters. The first kappa shape index (κ1) is 16.3. The quantitative estimate of drug-likeness (QED) is 0.634. The van der Waals surface area contributed by atoms with Crippen molar-refractivity contribution in [3.63, 3.8) is 0 Å². The lowest BCUT2D eigenvalue weighted by molar-refractivity contribution is -0.116. The minimum atomic E-state index is -0.00505. The van der Waals surface area contributed by atoms with Crippen molar-refractivity contribution in [3.8, 4) is 11.7 Å². The molecule has 1 aromatic carbocycles. The van der Waals surface area contributed by atoms with Gasteiger partial charge < -0.3 is 13.7 Å². The van der Waals surface area contributed by atoms with Gasteiger partial charge in [-0.1, -0.05) is 30.0 Å². The number of nitrogens with zero attached hydrogens (tertiary/aromatic N) is 3. The predicted octanol–water partition coefficient (Wildman–Crippen LogP) is 3.78. The van der Waals surface area contributed by atoms with Crippen LogP contribution in [0.1, 0.15) is 12.5 Å². The molecular weight excluding hydrogens is 326 g/mol. The standard InChI is InChI=1S/C17H17N3O3S/c1-3-20(13-8-5-4-7-12(13)2)15(21)11-24-17-19-18-16(23-17)14-9-6-10-22-14/h4-10H,3,11H2,1-2H3. The lowest BCUT2D eigenvalue weighted by atomic mass is 10.2. The van der Waals surface area contributed by atoms with Crippen molar-refractivity contribution in [1.82, 2.24) is 10.2 Å². The Morgan fingerprint density at radius 1 is 1.21 bits per heavy atom. The van der Waals surface area contributed by atoms with E-state index in [-0.39, 0.29) is 11.7 Å². The summed E-state index contributed by atoms with van der Waals surface area (Å²) < 4.78 is 10.7. The molecule has 0 N–H and O–H groups in total. The van der Waals surface area contributed by atoms with Gasteiger partial charge in [0.15, 0.2) is 5.76 Å². The Bertz CT molecular complexity index is 814. The number of carbonyl (C=O) groups excluding carboxylic acids is 1. The van der Waals surface area contributed by atoms with Crippen molar-refractivity contribution in [2.24, 2.45) is 0 Å². The Labute approximate surface area is 143 Å². The molecule has 0 atom stereocenters. The van der Waals surface area contributed by atoms with Gasteiger partial charge in [-0.2, -0.15) is 0 Å². The van der Waals surface area contributed by atoms with Crippen LogP contribution in [0.25, 0.3) is 11.7 Å².